The summed E-state index contributed by atoms with van der Waals surface area (Å²) in [5, 5.41) is 0. The molecule has 0 radical (unpaired) electrons. The van der Waals surface area contributed by atoms with Gasteiger partial charge < -0.3 is 0 Å². The van der Waals surface area contributed by atoms with Crippen molar-refractivity contribution in [3.05, 3.63) is 11.6 Å². The van der Waals surface area contributed by atoms with Crippen molar-refractivity contribution < 1.29 is 4.79 Å². The summed E-state index contributed by atoms with van der Waals surface area (Å²) >= 11 is 0. The lowest BCUT2D eigenvalue weighted by Gasteiger charge is -2.12. The minimum absolute atomic E-state index is 0.836. The van der Waals surface area contributed by atoms with Gasteiger partial charge in [0.05, 0.1) is 0 Å². The molecule has 0 amide bonds. The van der Waals surface area contributed by atoms with Crippen molar-refractivity contribution in [2.24, 2.45) is 11.8 Å². The number of hydrogen-bond donors (Lipinski definition) is 0. The van der Waals surface area contributed by atoms with Gasteiger partial charge in [-0.3, -0.25) is 4.79 Å². The van der Waals surface area contributed by atoms with Gasteiger partial charge in [0.25, 0.3) is 0 Å². The molecule has 0 saturated heterocycles. The summed E-state index contributed by atoms with van der Waals surface area (Å²) in [6.07, 6.45) is 10.2. The molecule has 1 unspecified atom stereocenters. The Labute approximate surface area is 101 Å². The van der Waals surface area contributed by atoms with Gasteiger partial charge in [0.2, 0.25) is 0 Å². The highest BCUT2D eigenvalue weighted by Crippen LogP contribution is 2.18. The zero-order chi connectivity index (χ0) is 12.4. The quantitative estimate of drug-likeness (QED) is 0.407. The number of carbonyl (C=O) groups is 1. The molecule has 0 aromatic heterocycles. The molecule has 0 aliphatic rings. The summed E-state index contributed by atoms with van der Waals surface area (Å²) in [6.45, 7) is 8.97. The average molecular weight is 224 g/mol. The Morgan fingerprint density at radius 1 is 1.06 bits per heavy atom. The highest BCUT2D eigenvalue weighted by atomic mass is 16.1. The Kier molecular flexibility index (Phi) is 9.27. The van der Waals surface area contributed by atoms with Crippen LogP contribution in [0, 0.1) is 11.8 Å². The van der Waals surface area contributed by atoms with E-state index in [4.69, 9.17) is 0 Å². The van der Waals surface area contributed by atoms with E-state index in [9.17, 15) is 4.79 Å². The van der Waals surface area contributed by atoms with Gasteiger partial charge in [0, 0.05) is 0 Å². The molecule has 1 heteroatoms. The lowest BCUT2D eigenvalue weighted by molar-refractivity contribution is -0.104. The Hall–Kier alpha value is -0.590. The fraction of sp³-hybridized carbons (Fsp3) is 0.800. The van der Waals surface area contributed by atoms with E-state index in [2.05, 4.69) is 20.8 Å². The van der Waals surface area contributed by atoms with Crippen molar-refractivity contribution in [2.75, 3.05) is 0 Å². The third kappa shape index (κ3) is 9.95. The number of rotatable bonds is 9. The van der Waals surface area contributed by atoms with Crippen LogP contribution < -0.4 is 0 Å². The maximum atomic E-state index is 10.2. The molecular weight excluding hydrogens is 196 g/mol. The Bertz CT molecular complexity index is 203. The first-order valence-electron chi connectivity index (χ1n) is 6.67. The number of allylic oxidation sites excluding steroid dienone is 2. The normalized spacial score (nSPS) is 14.2. The zero-order valence-corrected chi connectivity index (χ0v) is 11.5. The van der Waals surface area contributed by atoms with Gasteiger partial charge in [0.1, 0.15) is 6.29 Å². The van der Waals surface area contributed by atoms with Crippen molar-refractivity contribution in [2.45, 2.75) is 66.2 Å². The lowest BCUT2D eigenvalue weighted by atomic mass is 9.94. The molecule has 1 atom stereocenters. The summed E-state index contributed by atoms with van der Waals surface area (Å²) in [5.41, 5.74) is 1.21. The molecule has 0 rings (SSSR count). The molecule has 0 aliphatic heterocycles. The molecule has 0 fully saturated rings. The molecule has 0 N–H and O–H groups in total. The molecule has 94 valence electrons. The van der Waals surface area contributed by atoms with Crippen molar-refractivity contribution in [1.29, 1.82) is 0 Å². The molecule has 0 saturated carbocycles. The Morgan fingerprint density at radius 2 is 1.69 bits per heavy atom. The van der Waals surface area contributed by atoms with E-state index >= 15 is 0 Å². The molecule has 0 aromatic rings. The van der Waals surface area contributed by atoms with Gasteiger partial charge in [-0.1, -0.05) is 52.0 Å². The van der Waals surface area contributed by atoms with Crippen molar-refractivity contribution in [1.82, 2.24) is 0 Å². The van der Waals surface area contributed by atoms with E-state index in [-0.39, 0.29) is 0 Å². The lowest BCUT2D eigenvalue weighted by Crippen LogP contribution is -1.97. The third-order valence-electron chi connectivity index (χ3n) is 3.10. The molecule has 1 nitrogen and oxygen atoms in total. The molecule has 0 heterocycles. The first-order chi connectivity index (χ1) is 7.56. The predicted octanol–water partition coefficient (Wildman–Crippen LogP) is 4.76. The van der Waals surface area contributed by atoms with Crippen molar-refractivity contribution in [3.63, 3.8) is 0 Å². The van der Waals surface area contributed by atoms with E-state index in [0.29, 0.717) is 0 Å². The number of aldehydes is 1. The minimum Gasteiger partial charge on any atom is -0.299 e. The van der Waals surface area contributed by atoms with Crippen LogP contribution in [0.3, 0.4) is 0 Å². The largest absolute Gasteiger partial charge is 0.299 e. The predicted molar refractivity (Wildman–Crippen MR) is 71.5 cm³/mol. The molecule has 16 heavy (non-hydrogen) atoms. The van der Waals surface area contributed by atoms with Crippen LogP contribution in [0.4, 0.5) is 0 Å². The summed E-state index contributed by atoms with van der Waals surface area (Å²) in [4.78, 5) is 10.2. The van der Waals surface area contributed by atoms with Crippen LogP contribution in [0.25, 0.3) is 0 Å². The van der Waals surface area contributed by atoms with E-state index in [1.165, 1.54) is 37.7 Å². The average Bonchev–Trinajstić information content (AvgIpc) is 2.17. The van der Waals surface area contributed by atoms with Crippen LogP contribution in [0.5, 0.6) is 0 Å². The van der Waals surface area contributed by atoms with Crippen LogP contribution in [0.1, 0.15) is 66.2 Å². The summed E-state index contributed by atoms with van der Waals surface area (Å²) in [7, 11) is 0. The molecule has 0 bridgehead atoms. The van der Waals surface area contributed by atoms with Crippen LogP contribution in [0.15, 0.2) is 11.6 Å². The fourth-order valence-corrected chi connectivity index (χ4v) is 1.95. The minimum atomic E-state index is 0.836. The number of carbonyl (C=O) groups excluding carboxylic acids is 1. The molecule has 0 aliphatic carbocycles. The van der Waals surface area contributed by atoms with E-state index < -0.39 is 0 Å². The second kappa shape index (κ2) is 9.62. The SMILES string of the molecule is C/C(=C\C=O)CCCC(C)CCCC(C)C. The van der Waals surface area contributed by atoms with E-state index in [0.717, 1.165) is 24.5 Å². The first-order valence-corrected chi connectivity index (χ1v) is 6.67. The monoisotopic (exact) mass is 224 g/mol. The standard InChI is InChI=1S/C15H28O/c1-13(2)7-5-8-14(3)9-6-10-15(4)11-12-16/h11-14H,5-10H2,1-4H3/b15-11+. The highest BCUT2D eigenvalue weighted by molar-refractivity contribution is 5.65. The van der Waals surface area contributed by atoms with Gasteiger partial charge in [-0.05, 0) is 37.7 Å². The van der Waals surface area contributed by atoms with Gasteiger partial charge in [-0.2, -0.15) is 0 Å². The second-order valence-electron chi connectivity index (χ2n) is 5.47. The maximum absolute atomic E-state index is 10.2. The second-order valence-corrected chi connectivity index (χ2v) is 5.47. The van der Waals surface area contributed by atoms with Crippen LogP contribution in [-0.4, -0.2) is 6.29 Å². The topological polar surface area (TPSA) is 17.1 Å². The highest BCUT2D eigenvalue weighted by Gasteiger charge is 2.03. The van der Waals surface area contributed by atoms with Crippen molar-refractivity contribution in [3.8, 4) is 0 Å². The van der Waals surface area contributed by atoms with Gasteiger partial charge >= 0.3 is 0 Å². The van der Waals surface area contributed by atoms with Crippen molar-refractivity contribution >= 4 is 6.29 Å². The summed E-state index contributed by atoms with van der Waals surface area (Å²) in [5.74, 6) is 1.67. The molecular formula is C15H28O. The van der Waals surface area contributed by atoms with Crippen LogP contribution in [-0.2, 0) is 4.79 Å². The molecule has 0 aromatic carbocycles. The maximum Gasteiger partial charge on any atom is 0.142 e. The zero-order valence-electron chi connectivity index (χ0n) is 11.5. The summed E-state index contributed by atoms with van der Waals surface area (Å²) in [6, 6.07) is 0. The Morgan fingerprint density at radius 3 is 2.25 bits per heavy atom. The number of hydrogen-bond acceptors (Lipinski definition) is 1. The fourth-order valence-electron chi connectivity index (χ4n) is 1.95. The Balaban J connectivity index is 3.46. The third-order valence-corrected chi connectivity index (χ3v) is 3.10. The van der Waals surface area contributed by atoms with Crippen LogP contribution in [0.2, 0.25) is 0 Å². The van der Waals surface area contributed by atoms with Gasteiger partial charge in [-0.25, -0.2) is 0 Å². The van der Waals surface area contributed by atoms with Gasteiger partial charge in [0.15, 0.2) is 0 Å². The first kappa shape index (κ1) is 15.4. The van der Waals surface area contributed by atoms with E-state index in [1.807, 2.05) is 6.92 Å². The summed E-state index contributed by atoms with van der Waals surface area (Å²) < 4.78 is 0. The van der Waals surface area contributed by atoms with Gasteiger partial charge in [-0.15, -0.1) is 0 Å². The molecule has 0 spiro atoms. The van der Waals surface area contributed by atoms with E-state index in [1.54, 1.807) is 6.08 Å². The van der Waals surface area contributed by atoms with Crippen LogP contribution >= 0.6 is 0 Å². The smallest absolute Gasteiger partial charge is 0.142 e.